The molecule has 4 aromatic rings. The molecule has 0 unspecified atom stereocenters. The Morgan fingerprint density at radius 3 is 2.57 bits per heavy atom. The molecule has 0 aliphatic rings. The van der Waals surface area contributed by atoms with Crippen molar-refractivity contribution >= 4 is 39.4 Å². The monoisotopic (exact) mass is 495 g/mol. The van der Waals surface area contributed by atoms with Crippen molar-refractivity contribution in [3.05, 3.63) is 74.1 Å². The number of carbonyl (C=O) groups is 1. The van der Waals surface area contributed by atoms with Gasteiger partial charge in [0.05, 0.1) is 0 Å². The lowest BCUT2D eigenvalue weighted by atomic mass is 10.0. The van der Waals surface area contributed by atoms with Gasteiger partial charge in [0, 0.05) is 26.1 Å². The molecule has 9 heteroatoms. The minimum absolute atomic E-state index is 0.0574. The third-order valence-electron chi connectivity index (χ3n) is 6.21. The van der Waals surface area contributed by atoms with Gasteiger partial charge in [0.25, 0.3) is 5.56 Å². The van der Waals surface area contributed by atoms with E-state index in [2.05, 4.69) is 34.3 Å². The number of hydrogen-bond donors (Lipinski definition) is 2. The lowest BCUT2D eigenvalue weighted by molar-refractivity contribution is -0.121. The van der Waals surface area contributed by atoms with Gasteiger partial charge in [0.2, 0.25) is 11.2 Å². The van der Waals surface area contributed by atoms with Crippen molar-refractivity contribution in [2.75, 3.05) is 0 Å². The molecular formula is C26H30ClN5O3. The van der Waals surface area contributed by atoms with E-state index in [1.54, 1.807) is 0 Å². The summed E-state index contributed by atoms with van der Waals surface area (Å²) < 4.78 is 2.74. The summed E-state index contributed by atoms with van der Waals surface area (Å²) in [6.07, 6.45) is 4.21. The smallest absolute Gasteiger partial charge is 0.332 e. The molecule has 0 atom stereocenters. The van der Waals surface area contributed by atoms with Gasteiger partial charge < -0.3 is 10.3 Å². The van der Waals surface area contributed by atoms with E-state index < -0.39 is 5.56 Å². The van der Waals surface area contributed by atoms with Crippen LogP contribution in [-0.2, 0) is 24.4 Å². The predicted molar refractivity (Wildman–Crippen MR) is 139 cm³/mol. The summed E-state index contributed by atoms with van der Waals surface area (Å²) in [7, 11) is 0. The number of H-pyrrole nitrogens is 1. The SMILES string of the molecule is CCCCCn1c(=O)n(CCCCC(=O)NCc2cccc3ccccc23)c(=O)c2[nH]c(Cl)nc21. The highest BCUT2D eigenvalue weighted by Gasteiger charge is 2.16. The van der Waals surface area contributed by atoms with Crippen molar-refractivity contribution in [1.82, 2.24) is 24.4 Å². The Morgan fingerprint density at radius 1 is 1.00 bits per heavy atom. The zero-order valence-electron chi connectivity index (χ0n) is 19.8. The average Bonchev–Trinajstić information content (AvgIpc) is 3.25. The van der Waals surface area contributed by atoms with Gasteiger partial charge in [-0.25, -0.2) is 4.79 Å². The van der Waals surface area contributed by atoms with E-state index in [0.29, 0.717) is 38.0 Å². The molecule has 184 valence electrons. The molecular weight excluding hydrogens is 466 g/mol. The number of fused-ring (bicyclic) bond motifs is 2. The highest BCUT2D eigenvalue weighted by molar-refractivity contribution is 6.29. The average molecular weight is 496 g/mol. The standard InChI is InChI=1S/C26H30ClN5O3/c1-2-3-7-15-31-23-22(29-25(27)30-23)24(34)32(26(31)35)16-8-6-14-21(33)28-17-19-12-9-11-18-10-4-5-13-20(18)19/h4-5,9-13H,2-3,6-8,14-17H2,1H3,(H,28,33)(H,29,30). The van der Waals surface area contributed by atoms with Crippen molar-refractivity contribution in [2.45, 2.75) is 65.1 Å². The minimum Gasteiger partial charge on any atom is -0.352 e. The van der Waals surface area contributed by atoms with Crippen LogP contribution in [0.3, 0.4) is 0 Å². The number of imidazole rings is 1. The number of aryl methyl sites for hydroxylation is 1. The molecule has 2 aromatic carbocycles. The van der Waals surface area contributed by atoms with Gasteiger partial charge in [0.1, 0.15) is 0 Å². The fraction of sp³-hybridized carbons (Fsp3) is 0.385. The van der Waals surface area contributed by atoms with Crippen LogP contribution in [0, 0.1) is 0 Å². The number of benzene rings is 2. The van der Waals surface area contributed by atoms with E-state index >= 15 is 0 Å². The molecule has 8 nitrogen and oxygen atoms in total. The van der Waals surface area contributed by atoms with Gasteiger partial charge >= 0.3 is 5.69 Å². The van der Waals surface area contributed by atoms with E-state index in [0.717, 1.165) is 35.6 Å². The number of hydrogen-bond acceptors (Lipinski definition) is 4. The van der Waals surface area contributed by atoms with Crippen molar-refractivity contribution < 1.29 is 4.79 Å². The molecule has 2 N–H and O–H groups in total. The summed E-state index contributed by atoms with van der Waals surface area (Å²) in [6, 6.07) is 14.1. The van der Waals surface area contributed by atoms with Crippen LogP contribution in [0.25, 0.3) is 21.9 Å². The predicted octanol–water partition coefficient (Wildman–Crippen LogP) is 4.37. The number of amides is 1. The van der Waals surface area contributed by atoms with E-state index in [9.17, 15) is 14.4 Å². The first-order valence-electron chi connectivity index (χ1n) is 12.1. The molecule has 0 spiro atoms. The lowest BCUT2D eigenvalue weighted by Gasteiger charge is -2.11. The number of unbranched alkanes of at least 4 members (excludes halogenated alkanes) is 3. The number of aromatic amines is 1. The van der Waals surface area contributed by atoms with Crippen molar-refractivity contribution in [1.29, 1.82) is 0 Å². The molecule has 1 amide bonds. The summed E-state index contributed by atoms with van der Waals surface area (Å²) in [4.78, 5) is 45.3. The van der Waals surface area contributed by atoms with Crippen LogP contribution in [0.5, 0.6) is 0 Å². The number of rotatable bonds is 11. The lowest BCUT2D eigenvalue weighted by Crippen LogP contribution is -2.40. The van der Waals surface area contributed by atoms with E-state index in [4.69, 9.17) is 11.6 Å². The van der Waals surface area contributed by atoms with Crippen LogP contribution in [0.1, 0.15) is 51.0 Å². The molecule has 0 bridgehead atoms. The second-order valence-electron chi connectivity index (χ2n) is 8.70. The summed E-state index contributed by atoms with van der Waals surface area (Å²) in [5.41, 5.74) is 0.779. The number of carbonyl (C=O) groups excluding carboxylic acids is 1. The number of nitrogens with zero attached hydrogens (tertiary/aromatic N) is 3. The first-order chi connectivity index (χ1) is 17.0. The summed E-state index contributed by atoms with van der Waals surface area (Å²) in [5, 5.41) is 5.32. The molecule has 0 aliphatic heterocycles. The second kappa shape index (κ2) is 11.4. The maximum Gasteiger partial charge on any atom is 0.332 e. The van der Waals surface area contributed by atoms with Gasteiger partial charge in [0.15, 0.2) is 11.2 Å². The Morgan fingerprint density at radius 2 is 1.74 bits per heavy atom. The molecule has 0 saturated carbocycles. The molecule has 4 rings (SSSR count). The van der Waals surface area contributed by atoms with Gasteiger partial charge in [-0.15, -0.1) is 0 Å². The highest BCUT2D eigenvalue weighted by Crippen LogP contribution is 2.18. The molecule has 2 aromatic heterocycles. The van der Waals surface area contributed by atoms with Crippen molar-refractivity contribution in [3.63, 3.8) is 0 Å². The third-order valence-corrected chi connectivity index (χ3v) is 6.39. The zero-order chi connectivity index (χ0) is 24.8. The van der Waals surface area contributed by atoms with Crippen LogP contribution in [0.4, 0.5) is 0 Å². The van der Waals surface area contributed by atoms with Crippen molar-refractivity contribution in [2.24, 2.45) is 0 Å². The largest absolute Gasteiger partial charge is 0.352 e. The maximum atomic E-state index is 13.1. The molecule has 35 heavy (non-hydrogen) atoms. The third kappa shape index (κ3) is 5.65. The Balaban J connectivity index is 1.36. The Bertz CT molecular complexity index is 1450. The fourth-order valence-corrected chi connectivity index (χ4v) is 4.52. The first-order valence-corrected chi connectivity index (χ1v) is 12.5. The first kappa shape index (κ1) is 24.7. The molecule has 2 heterocycles. The molecule has 0 saturated heterocycles. The van der Waals surface area contributed by atoms with Gasteiger partial charge in [-0.3, -0.25) is 18.7 Å². The van der Waals surface area contributed by atoms with Crippen LogP contribution >= 0.6 is 11.6 Å². The van der Waals surface area contributed by atoms with Crippen molar-refractivity contribution in [3.8, 4) is 0 Å². The number of aromatic nitrogens is 4. The Kier molecular flexibility index (Phi) is 8.02. The van der Waals surface area contributed by atoms with Gasteiger partial charge in [-0.05, 0) is 47.2 Å². The Hall–Kier alpha value is -3.39. The summed E-state index contributed by atoms with van der Waals surface area (Å²) in [5.74, 6) is -0.0574. The van der Waals surface area contributed by atoms with Gasteiger partial charge in [-0.2, -0.15) is 4.98 Å². The van der Waals surface area contributed by atoms with Crippen LogP contribution < -0.4 is 16.6 Å². The fourth-order valence-electron chi connectivity index (χ4n) is 4.34. The number of nitrogens with one attached hydrogen (secondary N) is 2. The van der Waals surface area contributed by atoms with E-state index in [-0.39, 0.29) is 28.9 Å². The summed E-state index contributed by atoms with van der Waals surface area (Å²) in [6.45, 7) is 3.25. The van der Waals surface area contributed by atoms with Crippen LogP contribution in [0.2, 0.25) is 5.28 Å². The van der Waals surface area contributed by atoms with Crippen LogP contribution in [0.15, 0.2) is 52.1 Å². The Labute approximate surface area is 207 Å². The zero-order valence-corrected chi connectivity index (χ0v) is 20.6. The summed E-state index contributed by atoms with van der Waals surface area (Å²) >= 11 is 5.99. The van der Waals surface area contributed by atoms with Crippen LogP contribution in [-0.4, -0.2) is 25.0 Å². The molecule has 0 fully saturated rings. The molecule has 0 aliphatic carbocycles. The quantitative estimate of drug-likeness (QED) is 0.238. The second-order valence-corrected chi connectivity index (χ2v) is 9.05. The van der Waals surface area contributed by atoms with Gasteiger partial charge in [-0.1, -0.05) is 62.2 Å². The highest BCUT2D eigenvalue weighted by atomic mass is 35.5. The topological polar surface area (TPSA) is 102 Å². The number of halogens is 1. The van der Waals surface area contributed by atoms with E-state index in [1.165, 1.54) is 9.13 Å². The maximum absolute atomic E-state index is 13.1. The minimum atomic E-state index is -0.434. The normalized spacial score (nSPS) is 11.4. The van der Waals surface area contributed by atoms with E-state index in [1.807, 2.05) is 30.3 Å². The molecule has 0 radical (unpaired) electrons.